The Morgan fingerprint density at radius 2 is 1.68 bits per heavy atom. The van der Waals surface area contributed by atoms with E-state index in [1.54, 1.807) is 11.8 Å². The minimum absolute atomic E-state index is 0.435. The zero-order valence-corrected chi connectivity index (χ0v) is 13.9. The fraction of sp³-hybridized carbons (Fsp3) is 0.647. The summed E-state index contributed by atoms with van der Waals surface area (Å²) in [6.45, 7) is 9.18. The quantitative estimate of drug-likeness (QED) is 0.650. The van der Waals surface area contributed by atoms with Crippen LogP contribution in [0.5, 0.6) is 0 Å². The first-order valence-electron chi connectivity index (χ1n) is 7.50. The van der Waals surface area contributed by atoms with Crippen molar-refractivity contribution < 1.29 is 0 Å². The van der Waals surface area contributed by atoms with Gasteiger partial charge in [0.2, 0.25) is 0 Å². The zero-order valence-electron chi connectivity index (χ0n) is 13.1. The van der Waals surface area contributed by atoms with Crippen molar-refractivity contribution in [1.29, 1.82) is 0 Å². The topological polar surface area (TPSA) is 12.0 Å². The Hall–Kier alpha value is -0.470. The van der Waals surface area contributed by atoms with Crippen LogP contribution in [0.3, 0.4) is 0 Å². The maximum absolute atomic E-state index is 3.78. The highest BCUT2D eigenvalue weighted by molar-refractivity contribution is 7.98. The highest BCUT2D eigenvalue weighted by Gasteiger charge is 2.14. The number of hydrogen-bond donors (Lipinski definition) is 1. The number of benzene rings is 1. The summed E-state index contributed by atoms with van der Waals surface area (Å²) in [5, 5.41) is 3.78. The van der Waals surface area contributed by atoms with E-state index in [1.165, 1.54) is 29.7 Å². The first-order chi connectivity index (χ1) is 9.10. The lowest BCUT2D eigenvalue weighted by Gasteiger charge is -2.25. The summed E-state index contributed by atoms with van der Waals surface area (Å²) in [5.41, 5.74) is 1.39. The third-order valence-corrected chi connectivity index (χ3v) is 4.72. The molecule has 1 rings (SSSR count). The number of nitrogens with one attached hydrogen (secondary N) is 1. The van der Waals surface area contributed by atoms with Crippen LogP contribution in [-0.2, 0) is 0 Å². The maximum Gasteiger partial charge on any atom is 0.0294 e. The van der Waals surface area contributed by atoms with Gasteiger partial charge < -0.3 is 5.32 Å². The molecule has 0 heterocycles. The van der Waals surface area contributed by atoms with Crippen LogP contribution >= 0.6 is 11.8 Å². The average molecular weight is 279 g/mol. The molecule has 0 aliphatic carbocycles. The van der Waals surface area contributed by atoms with Crippen molar-refractivity contribution >= 4 is 11.8 Å². The lowest BCUT2D eigenvalue weighted by atomic mass is 9.96. The van der Waals surface area contributed by atoms with Crippen LogP contribution in [0.25, 0.3) is 0 Å². The molecule has 2 heteroatoms. The van der Waals surface area contributed by atoms with Crippen LogP contribution in [0.4, 0.5) is 0 Å². The van der Waals surface area contributed by atoms with Gasteiger partial charge in [-0.2, -0.15) is 0 Å². The summed E-state index contributed by atoms with van der Waals surface area (Å²) in [7, 11) is 0. The predicted octanol–water partition coefficient (Wildman–Crippen LogP) is 5.27. The third-order valence-electron chi connectivity index (χ3n) is 3.98. The molecule has 108 valence electrons. The standard InChI is InChI=1S/C17H29NS/c1-6-13(3)12-16(7-2)18-14(4)15-8-10-17(19-5)11-9-15/h8-11,13-14,16,18H,6-7,12H2,1-5H3. The van der Waals surface area contributed by atoms with E-state index < -0.39 is 0 Å². The Bertz CT molecular complexity index is 347. The molecule has 0 amide bonds. The molecule has 1 N–H and O–H groups in total. The van der Waals surface area contributed by atoms with E-state index in [-0.39, 0.29) is 0 Å². The summed E-state index contributed by atoms with van der Waals surface area (Å²) >= 11 is 1.80. The summed E-state index contributed by atoms with van der Waals surface area (Å²) < 4.78 is 0. The van der Waals surface area contributed by atoms with Crippen LogP contribution in [0.1, 0.15) is 58.6 Å². The molecule has 0 aliphatic rings. The molecule has 0 spiro atoms. The number of hydrogen-bond acceptors (Lipinski definition) is 2. The molecule has 0 fully saturated rings. The van der Waals surface area contributed by atoms with E-state index in [2.05, 4.69) is 63.5 Å². The average Bonchev–Trinajstić information content (AvgIpc) is 2.46. The Morgan fingerprint density at radius 3 is 2.16 bits per heavy atom. The fourth-order valence-corrected chi connectivity index (χ4v) is 2.76. The van der Waals surface area contributed by atoms with Gasteiger partial charge in [-0.1, -0.05) is 39.3 Å². The van der Waals surface area contributed by atoms with Crippen molar-refractivity contribution in [3.05, 3.63) is 29.8 Å². The predicted molar refractivity (Wildman–Crippen MR) is 87.9 cm³/mol. The van der Waals surface area contributed by atoms with Gasteiger partial charge in [0.05, 0.1) is 0 Å². The van der Waals surface area contributed by atoms with Gasteiger partial charge in [-0.25, -0.2) is 0 Å². The number of rotatable bonds is 8. The first kappa shape index (κ1) is 16.6. The van der Waals surface area contributed by atoms with E-state index in [1.807, 2.05) is 0 Å². The summed E-state index contributed by atoms with van der Waals surface area (Å²) in [6.07, 6.45) is 5.88. The molecule has 1 aromatic rings. The van der Waals surface area contributed by atoms with Crippen LogP contribution in [0.2, 0.25) is 0 Å². The van der Waals surface area contributed by atoms with Crippen molar-refractivity contribution in [2.75, 3.05) is 6.26 Å². The first-order valence-corrected chi connectivity index (χ1v) is 8.73. The Labute approximate surface area is 123 Å². The maximum atomic E-state index is 3.78. The second-order valence-electron chi connectivity index (χ2n) is 5.52. The molecule has 0 radical (unpaired) electrons. The van der Waals surface area contributed by atoms with Crippen molar-refractivity contribution in [3.63, 3.8) is 0 Å². The van der Waals surface area contributed by atoms with Gasteiger partial charge in [0.25, 0.3) is 0 Å². The van der Waals surface area contributed by atoms with Crippen molar-refractivity contribution in [3.8, 4) is 0 Å². The molecule has 0 saturated heterocycles. The smallest absolute Gasteiger partial charge is 0.0294 e. The summed E-state index contributed by atoms with van der Waals surface area (Å²) in [4.78, 5) is 1.34. The van der Waals surface area contributed by atoms with E-state index in [0.717, 1.165) is 5.92 Å². The lowest BCUT2D eigenvalue weighted by Crippen LogP contribution is -2.32. The minimum Gasteiger partial charge on any atom is -0.307 e. The molecule has 0 saturated carbocycles. The molecule has 3 unspecified atom stereocenters. The van der Waals surface area contributed by atoms with Crippen molar-refractivity contribution in [2.24, 2.45) is 5.92 Å². The normalized spacial score (nSPS) is 16.1. The van der Waals surface area contributed by atoms with Crippen LogP contribution in [0.15, 0.2) is 29.2 Å². The third kappa shape index (κ3) is 5.58. The number of thioether (sulfide) groups is 1. The second kappa shape index (κ2) is 8.65. The lowest BCUT2D eigenvalue weighted by molar-refractivity contribution is 0.359. The van der Waals surface area contributed by atoms with E-state index >= 15 is 0 Å². The van der Waals surface area contributed by atoms with Gasteiger partial charge in [-0.3, -0.25) is 0 Å². The largest absolute Gasteiger partial charge is 0.307 e. The Balaban J connectivity index is 2.57. The van der Waals surface area contributed by atoms with Gasteiger partial charge in [0.15, 0.2) is 0 Å². The van der Waals surface area contributed by atoms with E-state index in [0.29, 0.717) is 12.1 Å². The molecule has 0 bridgehead atoms. The molecule has 3 atom stereocenters. The molecular weight excluding hydrogens is 250 g/mol. The van der Waals surface area contributed by atoms with Gasteiger partial charge in [0, 0.05) is 17.0 Å². The summed E-state index contributed by atoms with van der Waals surface area (Å²) in [5.74, 6) is 0.809. The van der Waals surface area contributed by atoms with E-state index in [9.17, 15) is 0 Å². The van der Waals surface area contributed by atoms with E-state index in [4.69, 9.17) is 0 Å². The monoisotopic (exact) mass is 279 g/mol. The van der Waals surface area contributed by atoms with Gasteiger partial charge in [-0.05, 0) is 49.6 Å². The molecule has 19 heavy (non-hydrogen) atoms. The van der Waals surface area contributed by atoms with Crippen molar-refractivity contribution in [2.45, 2.75) is 63.9 Å². The van der Waals surface area contributed by atoms with Crippen LogP contribution in [-0.4, -0.2) is 12.3 Å². The fourth-order valence-electron chi connectivity index (χ4n) is 2.35. The minimum atomic E-state index is 0.435. The van der Waals surface area contributed by atoms with Crippen LogP contribution in [0, 0.1) is 5.92 Å². The van der Waals surface area contributed by atoms with Gasteiger partial charge in [0.1, 0.15) is 0 Å². The highest BCUT2D eigenvalue weighted by atomic mass is 32.2. The molecule has 1 nitrogen and oxygen atoms in total. The molecule has 0 aliphatic heterocycles. The van der Waals surface area contributed by atoms with Gasteiger partial charge in [-0.15, -0.1) is 11.8 Å². The van der Waals surface area contributed by atoms with Crippen molar-refractivity contribution in [1.82, 2.24) is 5.32 Å². The molecular formula is C17H29NS. The summed E-state index contributed by atoms with van der Waals surface area (Å²) in [6, 6.07) is 10.00. The SMILES string of the molecule is CCC(C)CC(CC)NC(C)c1ccc(SC)cc1. The van der Waals surface area contributed by atoms with Crippen LogP contribution < -0.4 is 5.32 Å². The van der Waals surface area contributed by atoms with Gasteiger partial charge >= 0.3 is 0 Å². The Morgan fingerprint density at radius 1 is 1.05 bits per heavy atom. The molecule has 0 aromatic heterocycles. The Kier molecular flexibility index (Phi) is 7.55. The highest BCUT2D eigenvalue weighted by Crippen LogP contribution is 2.21. The molecule has 1 aromatic carbocycles. The second-order valence-corrected chi connectivity index (χ2v) is 6.40. The zero-order chi connectivity index (χ0) is 14.3.